The summed E-state index contributed by atoms with van der Waals surface area (Å²) in [5.41, 5.74) is 1.72. The van der Waals surface area contributed by atoms with Gasteiger partial charge in [0.1, 0.15) is 5.76 Å². The van der Waals surface area contributed by atoms with Gasteiger partial charge >= 0.3 is 0 Å². The number of likely N-dealkylation sites (tertiary alicyclic amines) is 1. The number of furan rings is 1. The van der Waals surface area contributed by atoms with E-state index < -0.39 is 0 Å². The predicted molar refractivity (Wildman–Crippen MR) is 93.0 cm³/mol. The second kappa shape index (κ2) is 6.75. The summed E-state index contributed by atoms with van der Waals surface area (Å²) in [4.78, 5) is 26.4. The van der Waals surface area contributed by atoms with Crippen molar-refractivity contribution in [3.8, 4) is 0 Å². The van der Waals surface area contributed by atoms with Crippen LogP contribution in [0.3, 0.4) is 0 Å². The molecular formula is C20H22N2O3. The van der Waals surface area contributed by atoms with Crippen LogP contribution in [0.5, 0.6) is 0 Å². The van der Waals surface area contributed by atoms with Gasteiger partial charge < -0.3 is 14.6 Å². The second-order valence-corrected chi connectivity index (χ2v) is 6.88. The van der Waals surface area contributed by atoms with Crippen LogP contribution in [0.25, 0.3) is 0 Å². The molecule has 2 amide bonds. The number of carbonyl (C=O) groups excluding carboxylic acids is 2. The van der Waals surface area contributed by atoms with E-state index in [1.54, 1.807) is 6.26 Å². The number of amides is 2. The maximum absolute atomic E-state index is 12.3. The summed E-state index contributed by atoms with van der Waals surface area (Å²) in [7, 11) is 0. The standard InChI is InChI=1S/C20H22N2O3/c23-19(17-12-16(17)18-4-3-11-25-18)21-13-14-5-7-15(8-6-14)20(24)22-9-1-2-10-22/h3-8,11,16-17H,1-2,9-10,12-13H2,(H,21,23)/t16-,17+/m1/s1. The molecule has 1 saturated carbocycles. The zero-order valence-electron chi connectivity index (χ0n) is 14.1. The minimum atomic E-state index is 0.0159. The molecule has 4 rings (SSSR count). The summed E-state index contributed by atoms with van der Waals surface area (Å²) in [6, 6.07) is 11.3. The lowest BCUT2D eigenvalue weighted by Crippen LogP contribution is -2.27. The van der Waals surface area contributed by atoms with Crippen molar-refractivity contribution in [2.45, 2.75) is 31.7 Å². The molecule has 130 valence electrons. The zero-order chi connectivity index (χ0) is 17.2. The predicted octanol–water partition coefficient (Wildman–Crippen LogP) is 2.94. The van der Waals surface area contributed by atoms with Gasteiger partial charge in [0.05, 0.1) is 6.26 Å². The summed E-state index contributed by atoms with van der Waals surface area (Å²) >= 11 is 0. The van der Waals surface area contributed by atoms with Crippen molar-refractivity contribution < 1.29 is 14.0 Å². The third-order valence-corrected chi connectivity index (χ3v) is 5.10. The molecule has 2 aromatic rings. The van der Waals surface area contributed by atoms with Crippen molar-refractivity contribution in [3.63, 3.8) is 0 Å². The number of nitrogens with one attached hydrogen (secondary N) is 1. The van der Waals surface area contributed by atoms with E-state index in [1.165, 1.54) is 0 Å². The zero-order valence-corrected chi connectivity index (χ0v) is 14.1. The van der Waals surface area contributed by atoms with E-state index in [0.717, 1.165) is 49.2 Å². The highest BCUT2D eigenvalue weighted by molar-refractivity contribution is 5.94. The van der Waals surface area contributed by atoms with Crippen molar-refractivity contribution in [1.29, 1.82) is 0 Å². The van der Waals surface area contributed by atoms with Crippen molar-refractivity contribution in [2.24, 2.45) is 5.92 Å². The van der Waals surface area contributed by atoms with Gasteiger partial charge in [0, 0.05) is 37.0 Å². The maximum atomic E-state index is 12.3. The highest BCUT2D eigenvalue weighted by atomic mass is 16.3. The number of hydrogen-bond donors (Lipinski definition) is 1. The van der Waals surface area contributed by atoms with Crippen LogP contribution in [0, 0.1) is 5.92 Å². The van der Waals surface area contributed by atoms with E-state index in [-0.39, 0.29) is 23.7 Å². The van der Waals surface area contributed by atoms with Crippen molar-refractivity contribution in [3.05, 3.63) is 59.5 Å². The smallest absolute Gasteiger partial charge is 0.253 e. The van der Waals surface area contributed by atoms with Crippen LogP contribution in [0.1, 0.15) is 46.9 Å². The first-order valence-corrected chi connectivity index (χ1v) is 8.92. The quantitative estimate of drug-likeness (QED) is 0.912. The Morgan fingerprint density at radius 3 is 2.56 bits per heavy atom. The Bertz CT molecular complexity index is 746. The van der Waals surface area contributed by atoms with E-state index in [9.17, 15) is 9.59 Å². The Morgan fingerprint density at radius 1 is 1.12 bits per heavy atom. The summed E-state index contributed by atoms with van der Waals surface area (Å²) < 4.78 is 5.36. The SMILES string of the molecule is O=C(NCc1ccc(C(=O)N2CCCC2)cc1)[C@H]1C[C@H]1c1ccco1. The molecule has 1 aliphatic heterocycles. The van der Waals surface area contributed by atoms with Gasteiger partial charge in [-0.3, -0.25) is 9.59 Å². The van der Waals surface area contributed by atoms with Gasteiger partial charge in [-0.15, -0.1) is 0 Å². The van der Waals surface area contributed by atoms with Crippen molar-refractivity contribution in [2.75, 3.05) is 13.1 Å². The number of nitrogens with zero attached hydrogens (tertiary/aromatic N) is 1. The molecule has 2 atom stereocenters. The van der Waals surface area contributed by atoms with Gasteiger partial charge in [-0.25, -0.2) is 0 Å². The van der Waals surface area contributed by atoms with Crippen molar-refractivity contribution >= 4 is 11.8 Å². The minimum Gasteiger partial charge on any atom is -0.469 e. The molecule has 0 spiro atoms. The summed E-state index contributed by atoms with van der Waals surface area (Å²) in [5, 5.41) is 2.98. The molecular weight excluding hydrogens is 316 g/mol. The third kappa shape index (κ3) is 3.45. The normalized spacial score (nSPS) is 22.0. The first-order valence-electron chi connectivity index (χ1n) is 8.92. The van der Waals surface area contributed by atoms with Crippen LogP contribution in [-0.4, -0.2) is 29.8 Å². The van der Waals surface area contributed by atoms with E-state index >= 15 is 0 Å². The highest BCUT2D eigenvalue weighted by Gasteiger charge is 2.45. The van der Waals surface area contributed by atoms with Crippen LogP contribution in [-0.2, 0) is 11.3 Å². The number of benzene rings is 1. The van der Waals surface area contributed by atoms with Crippen LogP contribution >= 0.6 is 0 Å². The number of carbonyl (C=O) groups is 2. The van der Waals surface area contributed by atoms with Crippen LogP contribution < -0.4 is 5.32 Å². The molecule has 5 nitrogen and oxygen atoms in total. The van der Waals surface area contributed by atoms with E-state index in [2.05, 4.69) is 5.32 Å². The molecule has 2 aliphatic rings. The Hall–Kier alpha value is -2.56. The number of rotatable bonds is 5. The fourth-order valence-electron chi connectivity index (χ4n) is 3.49. The highest BCUT2D eigenvalue weighted by Crippen LogP contribution is 2.47. The molecule has 2 fully saturated rings. The van der Waals surface area contributed by atoms with Crippen LogP contribution in [0.4, 0.5) is 0 Å². The van der Waals surface area contributed by atoms with Gasteiger partial charge in [0.15, 0.2) is 0 Å². The Balaban J connectivity index is 1.28. The van der Waals surface area contributed by atoms with Gasteiger partial charge in [-0.2, -0.15) is 0 Å². The molecule has 0 radical (unpaired) electrons. The topological polar surface area (TPSA) is 62.6 Å². The molecule has 25 heavy (non-hydrogen) atoms. The van der Waals surface area contributed by atoms with E-state index in [1.807, 2.05) is 41.3 Å². The van der Waals surface area contributed by atoms with Crippen molar-refractivity contribution in [1.82, 2.24) is 10.2 Å². The minimum absolute atomic E-state index is 0.0159. The largest absolute Gasteiger partial charge is 0.469 e. The third-order valence-electron chi connectivity index (χ3n) is 5.10. The molecule has 0 bridgehead atoms. The second-order valence-electron chi connectivity index (χ2n) is 6.88. The molecule has 5 heteroatoms. The van der Waals surface area contributed by atoms with Gasteiger partial charge in [0.2, 0.25) is 5.91 Å². The lowest BCUT2D eigenvalue weighted by atomic mass is 10.1. The molecule has 1 saturated heterocycles. The summed E-state index contributed by atoms with van der Waals surface area (Å²) in [6.07, 6.45) is 4.68. The maximum Gasteiger partial charge on any atom is 0.253 e. The van der Waals surface area contributed by atoms with Crippen LogP contribution in [0.15, 0.2) is 47.1 Å². The molecule has 1 aliphatic carbocycles. The van der Waals surface area contributed by atoms with E-state index in [0.29, 0.717) is 6.54 Å². The Kier molecular flexibility index (Phi) is 4.30. The molecule has 1 N–H and O–H groups in total. The first kappa shape index (κ1) is 15.9. The average molecular weight is 338 g/mol. The molecule has 2 heterocycles. The van der Waals surface area contributed by atoms with Gasteiger partial charge in [0.25, 0.3) is 5.91 Å². The Morgan fingerprint density at radius 2 is 1.88 bits per heavy atom. The summed E-state index contributed by atoms with van der Waals surface area (Å²) in [6.45, 7) is 2.20. The van der Waals surface area contributed by atoms with Gasteiger partial charge in [-0.05, 0) is 49.1 Å². The first-order chi connectivity index (χ1) is 12.2. The van der Waals surface area contributed by atoms with Gasteiger partial charge in [-0.1, -0.05) is 12.1 Å². The Labute approximate surface area is 147 Å². The average Bonchev–Trinajstić information content (AvgIpc) is 3.07. The molecule has 0 unspecified atom stereocenters. The lowest BCUT2D eigenvalue weighted by Gasteiger charge is -2.15. The molecule has 1 aromatic heterocycles. The summed E-state index contributed by atoms with van der Waals surface area (Å²) in [5.74, 6) is 1.30. The fourth-order valence-corrected chi connectivity index (χ4v) is 3.49. The fraction of sp³-hybridized carbons (Fsp3) is 0.400. The lowest BCUT2D eigenvalue weighted by molar-refractivity contribution is -0.122. The monoisotopic (exact) mass is 338 g/mol. The van der Waals surface area contributed by atoms with Crippen LogP contribution in [0.2, 0.25) is 0 Å². The van der Waals surface area contributed by atoms with E-state index in [4.69, 9.17) is 4.42 Å². The number of hydrogen-bond acceptors (Lipinski definition) is 3. The molecule has 1 aromatic carbocycles.